The van der Waals surface area contributed by atoms with Gasteiger partial charge in [0, 0.05) is 25.1 Å². The highest BCUT2D eigenvalue weighted by molar-refractivity contribution is 5.93. The second-order valence-electron chi connectivity index (χ2n) is 7.08. The molecular weight excluding hydrogens is 471 g/mol. The third-order valence-corrected chi connectivity index (χ3v) is 4.43. The number of amides is 1. The van der Waals surface area contributed by atoms with Crippen LogP contribution in [0, 0.1) is 26.0 Å². The number of halogens is 1. The summed E-state index contributed by atoms with van der Waals surface area (Å²) in [6, 6.07) is 3.34. The third kappa shape index (κ3) is 6.89. The molecule has 35 heavy (non-hydrogen) atoms. The largest absolute Gasteiger partial charge is 0.495 e. The summed E-state index contributed by atoms with van der Waals surface area (Å²) in [4.78, 5) is 43.4. The zero-order valence-corrected chi connectivity index (χ0v) is 19.0. The van der Waals surface area contributed by atoms with Gasteiger partial charge in [0.15, 0.2) is 5.69 Å². The summed E-state index contributed by atoms with van der Waals surface area (Å²) < 4.78 is 24.0. The first-order valence-corrected chi connectivity index (χ1v) is 9.83. The number of nitrogens with one attached hydrogen (secondary N) is 2. The molecule has 14 nitrogen and oxygen atoms in total. The topological polar surface area (TPSA) is 188 Å². The number of esters is 1. The summed E-state index contributed by atoms with van der Waals surface area (Å²) in [5, 5.41) is 35.3. The van der Waals surface area contributed by atoms with Crippen LogP contribution in [0.25, 0.3) is 0 Å². The zero-order chi connectivity index (χ0) is 26.3. The standard InChI is InChI=1S/C20H21FN6O8/c1-10(5-20(29)35-4)22-16-7-13(23-11(2)28)14(8-19(16)34-3)24-25-15-6-12(21)17(26(30)31)9-18(15)27(32)33/h6-10,22H,5H2,1-4H3,(H,23,28)/b25-24+. The van der Waals surface area contributed by atoms with Crippen LogP contribution in [0.15, 0.2) is 34.5 Å². The number of benzene rings is 2. The summed E-state index contributed by atoms with van der Waals surface area (Å²) in [7, 11) is 2.60. The maximum atomic E-state index is 14.0. The van der Waals surface area contributed by atoms with Crippen LogP contribution in [0.2, 0.25) is 0 Å². The Morgan fingerprint density at radius 2 is 1.66 bits per heavy atom. The van der Waals surface area contributed by atoms with Gasteiger partial charge in [-0.05, 0) is 13.0 Å². The molecule has 0 saturated carbocycles. The van der Waals surface area contributed by atoms with Gasteiger partial charge in [-0.1, -0.05) is 0 Å². The molecule has 0 aliphatic heterocycles. The average Bonchev–Trinajstić information content (AvgIpc) is 2.77. The van der Waals surface area contributed by atoms with Crippen molar-refractivity contribution in [3.8, 4) is 5.75 Å². The lowest BCUT2D eigenvalue weighted by atomic mass is 10.1. The van der Waals surface area contributed by atoms with Crippen LogP contribution in [0.1, 0.15) is 20.3 Å². The van der Waals surface area contributed by atoms with Crippen molar-refractivity contribution in [1.29, 1.82) is 0 Å². The Kier molecular flexibility index (Phi) is 8.68. The van der Waals surface area contributed by atoms with E-state index in [-0.39, 0.29) is 29.6 Å². The maximum absolute atomic E-state index is 14.0. The number of anilines is 2. The lowest BCUT2D eigenvalue weighted by Crippen LogP contribution is -2.20. The van der Waals surface area contributed by atoms with Gasteiger partial charge in [0.2, 0.25) is 11.7 Å². The molecule has 2 aromatic carbocycles. The van der Waals surface area contributed by atoms with Crippen LogP contribution in [0.3, 0.4) is 0 Å². The van der Waals surface area contributed by atoms with Crippen molar-refractivity contribution in [3.05, 3.63) is 50.3 Å². The van der Waals surface area contributed by atoms with E-state index in [0.29, 0.717) is 17.8 Å². The number of nitro benzene ring substituents is 2. The minimum atomic E-state index is -1.34. The first-order chi connectivity index (χ1) is 16.5. The molecule has 0 aromatic heterocycles. The fourth-order valence-electron chi connectivity index (χ4n) is 2.89. The van der Waals surface area contributed by atoms with E-state index in [2.05, 4.69) is 25.6 Å². The molecule has 0 spiro atoms. The van der Waals surface area contributed by atoms with E-state index >= 15 is 0 Å². The van der Waals surface area contributed by atoms with E-state index in [1.165, 1.54) is 33.3 Å². The van der Waals surface area contributed by atoms with E-state index in [9.17, 15) is 34.2 Å². The van der Waals surface area contributed by atoms with Crippen LogP contribution >= 0.6 is 0 Å². The first-order valence-electron chi connectivity index (χ1n) is 9.83. The Morgan fingerprint density at radius 1 is 1.03 bits per heavy atom. The van der Waals surface area contributed by atoms with Crippen molar-refractivity contribution in [2.24, 2.45) is 10.2 Å². The van der Waals surface area contributed by atoms with Gasteiger partial charge in [0.05, 0.1) is 47.9 Å². The molecule has 0 radical (unpaired) electrons. The van der Waals surface area contributed by atoms with Crippen molar-refractivity contribution in [1.82, 2.24) is 0 Å². The Hall–Kier alpha value is -4.69. The van der Waals surface area contributed by atoms with Crippen LogP contribution < -0.4 is 15.4 Å². The van der Waals surface area contributed by atoms with Gasteiger partial charge in [-0.2, -0.15) is 4.39 Å². The predicted octanol–water partition coefficient (Wildman–Crippen LogP) is 4.39. The first kappa shape index (κ1) is 26.6. The summed E-state index contributed by atoms with van der Waals surface area (Å²) in [6.07, 6.45) is 0.0337. The number of nitro groups is 2. The Morgan fingerprint density at radius 3 is 2.20 bits per heavy atom. The van der Waals surface area contributed by atoms with Gasteiger partial charge in [0.1, 0.15) is 11.4 Å². The number of methoxy groups -OCH3 is 2. The SMILES string of the molecule is COC(=O)CC(C)Nc1cc(NC(C)=O)c(/N=N/c2cc(F)c([N+](=O)[O-])cc2[N+](=O)[O-])cc1OC. The van der Waals surface area contributed by atoms with Gasteiger partial charge in [-0.25, -0.2) is 0 Å². The molecule has 1 unspecified atom stereocenters. The molecule has 186 valence electrons. The minimum absolute atomic E-state index is 0.0173. The molecule has 0 fully saturated rings. The smallest absolute Gasteiger partial charge is 0.311 e. The van der Waals surface area contributed by atoms with E-state index < -0.39 is 44.6 Å². The number of azo groups is 1. The highest BCUT2D eigenvalue weighted by Gasteiger charge is 2.25. The van der Waals surface area contributed by atoms with Gasteiger partial charge in [-0.15, -0.1) is 10.2 Å². The molecule has 2 N–H and O–H groups in total. The second kappa shape index (κ2) is 11.4. The Bertz CT molecular complexity index is 1200. The van der Waals surface area contributed by atoms with Crippen LogP contribution in [0.5, 0.6) is 5.75 Å². The van der Waals surface area contributed by atoms with Crippen molar-refractivity contribution < 1.29 is 33.3 Å². The van der Waals surface area contributed by atoms with Crippen molar-refractivity contribution in [2.45, 2.75) is 26.3 Å². The molecule has 0 bridgehead atoms. The van der Waals surface area contributed by atoms with Gasteiger partial charge in [-0.3, -0.25) is 29.8 Å². The molecule has 0 aliphatic rings. The van der Waals surface area contributed by atoms with E-state index in [4.69, 9.17) is 4.74 Å². The number of hydrogen-bond acceptors (Lipinski definition) is 11. The van der Waals surface area contributed by atoms with Crippen molar-refractivity contribution in [3.63, 3.8) is 0 Å². The number of hydrogen-bond donors (Lipinski definition) is 2. The lowest BCUT2D eigenvalue weighted by molar-refractivity contribution is -0.395. The fraction of sp³-hybridized carbons (Fsp3) is 0.300. The van der Waals surface area contributed by atoms with Crippen molar-refractivity contribution >= 4 is 46.0 Å². The summed E-state index contributed by atoms with van der Waals surface area (Å²) in [6.45, 7) is 2.94. The normalized spacial score (nSPS) is 11.6. The highest BCUT2D eigenvalue weighted by Crippen LogP contribution is 2.40. The number of nitrogens with zero attached hydrogens (tertiary/aromatic N) is 4. The Balaban J connectivity index is 2.54. The predicted molar refractivity (Wildman–Crippen MR) is 121 cm³/mol. The Labute approximate surface area is 197 Å². The molecular formula is C20H21FN6O8. The molecule has 0 aliphatic carbocycles. The maximum Gasteiger partial charge on any atom is 0.311 e. The van der Waals surface area contributed by atoms with E-state index in [0.717, 1.165) is 0 Å². The molecule has 1 amide bonds. The van der Waals surface area contributed by atoms with Crippen LogP contribution in [-0.4, -0.2) is 42.0 Å². The lowest BCUT2D eigenvalue weighted by Gasteiger charge is -2.18. The molecule has 15 heteroatoms. The zero-order valence-electron chi connectivity index (χ0n) is 19.0. The van der Waals surface area contributed by atoms with Crippen molar-refractivity contribution in [2.75, 3.05) is 24.9 Å². The van der Waals surface area contributed by atoms with Gasteiger partial charge >= 0.3 is 17.3 Å². The monoisotopic (exact) mass is 492 g/mol. The highest BCUT2D eigenvalue weighted by atomic mass is 19.1. The minimum Gasteiger partial charge on any atom is -0.495 e. The summed E-state index contributed by atoms with van der Waals surface area (Å²) in [5.74, 6) is -2.05. The number of carbonyl (C=O) groups excluding carboxylic acids is 2. The molecule has 0 saturated heterocycles. The number of carbonyl (C=O) groups is 2. The van der Waals surface area contributed by atoms with Gasteiger partial charge in [0.25, 0.3) is 0 Å². The van der Waals surface area contributed by atoms with Crippen LogP contribution in [-0.2, 0) is 14.3 Å². The van der Waals surface area contributed by atoms with E-state index in [1.807, 2.05) is 0 Å². The van der Waals surface area contributed by atoms with E-state index in [1.54, 1.807) is 6.92 Å². The number of ether oxygens (including phenoxy) is 2. The molecule has 1 atom stereocenters. The van der Waals surface area contributed by atoms with Gasteiger partial charge < -0.3 is 20.1 Å². The molecule has 2 aromatic rings. The summed E-state index contributed by atoms with van der Waals surface area (Å²) >= 11 is 0. The number of rotatable bonds is 10. The molecule has 0 heterocycles. The van der Waals surface area contributed by atoms with Crippen LogP contribution in [0.4, 0.5) is 38.5 Å². The quantitative estimate of drug-likeness (QED) is 0.210. The second-order valence-corrected chi connectivity index (χ2v) is 7.08. The third-order valence-electron chi connectivity index (χ3n) is 4.43. The fourth-order valence-corrected chi connectivity index (χ4v) is 2.89. The summed E-state index contributed by atoms with van der Waals surface area (Å²) in [5.41, 5.74) is -2.05. The average molecular weight is 492 g/mol. The molecule has 2 rings (SSSR count).